The Morgan fingerprint density at radius 3 is 2.71 bits per heavy atom. The van der Waals surface area contributed by atoms with Crippen LogP contribution in [0.2, 0.25) is 0 Å². The molecule has 35 heavy (non-hydrogen) atoms. The van der Waals surface area contributed by atoms with Gasteiger partial charge in [0.05, 0.1) is 23.8 Å². The van der Waals surface area contributed by atoms with Crippen molar-refractivity contribution in [3.8, 4) is 5.69 Å². The number of aromatic nitrogens is 5. The fourth-order valence-electron chi connectivity index (χ4n) is 5.09. The van der Waals surface area contributed by atoms with Crippen molar-refractivity contribution < 1.29 is 13.6 Å². The Balaban J connectivity index is 1.29. The Kier molecular flexibility index (Phi) is 5.40. The van der Waals surface area contributed by atoms with Crippen molar-refractivity contribution in [2.45, 2.75) is 37.6 Å². The summed E-state index contributed by atoms with van der Waals surface area (Å²) in [5.74, 6) is 1.27. The average Bonchev–Trinajstić information content (AvgIpc) is 3.66. The maximum Gasteiger partial charge on any atom is 0.284 e. The molecule has 0 radical (unpaired) electrons. The number of carbonyl (C=O) groups excluding carboxylic acids is 1. The average molecular weight is 498 g/mol. The molecule has 2 atom stereocenters. The maximum absolute atomic E-state index is 13.7. The number of rotatable bonds is 6. The minimum Gasteiger partial charge on any atom is -0.353 e. The summed E-state index contributed by atoms with van der Waals surface area (Å²) in [5.41, 5.74) is 1.47. The molecule has 11 heteroatoms. The number of carbonyl (C=O) groups is 1. The number of halogens is 3. The number of piperidine rings is 1. The van der Waals surface area contributed by atoms with E-state index in [1.807, 2.05) is 6.07 Å². The molecule has 2 aliphatic rings. The second-order valence-electron chi connectivity index (χ2n) is 9.02. The first kappa shape index (κ1) is 22.0. The second-order valence-corrected chi connectivity index (χ2v) is 9.29. The van der Waals surface area contributed by atoms with Gasteiger partial charge in [0.15, 0.2) is 11.3 Å². The first-order chi connectivity index (χ1) is 17.0. The van der Waals surface area contributed by atoms with Crippen molar-refractivity contribution in [1.29, 1.82) is 0 Å². The predicted molar refractivity (Wildman–Crippen MR) is 127 cm³/mol. The molecule has 3 aromatic heterocycles. The van der Waals surface area contributed by atoms with Crippen LogP contribution in [-0.2, 0) is 5.88 Å². The Morgan fingerprint density at radius 2 is 2.03 bits per heavy atom. The standard InChI is InChI=1S/C24H22ClF2N7O/c25-10-14-1-4-16(5-2-14)34-13-19(21(31-34)22(26)27)29-24(35)18-11-28-33-8-7-20(30-23(18)33)32-12-15-3-6-17(32)9-15/h1-2,4-5,7-8,11,13,15,17,22H,3,6,9-10,12H2,(H,29,35). The molecule has 1 aliphatic heterocycles. The van der Waals surface area contributed by atoms with Gasteiger partial charge in [0.2, 0.25) is 0 Å². The molecule has 180 valence electrons. The summed E-state index contributed by atoms with van der Waals surface area (Å²) in [6.45, 7) is 0.965. The molecule has 4 aromatic rings. The highest BCUT2D eigenvalue weighted by molar-refractivity contribution is 6.17. The maximum atomic E-state index is 13.7. The molecule has 2 bridgehead atoms. The van der Waals surface area contributed by atoms with Crippen molar-refractivity contribution in [2.24, 2.45) is 5.92 Å². The van der Waals surface area contributed by atoms with Gasteiger partial charge in [-0.2, -0.15) is 10.2 Å². The van der Waals surface area contributed by atoms with Crippen LogP contribution in [0.5, 0.6) is 0 Å². The summed E-state index contributed by atoms with van der Waals surface area (Å²) in [6, 6.07) is 9.42. The Hall–Kier alpha value is -3.53. The SMILES string of the molecule is O=C(Nc1cn(-c2ccc(CCl)cc2)nc1C(F)F)c1cnn2ccc(N3CC4CCC3C4)nc12. The molecule has 4 heterocycles. The van der Waals surface area contributed by atoms with Crippen molar-refractivity contribution in [3.05, 3.63) is 65.7 Å². The zero-order valence-electron chi connectivity index (χ0n) is 18.6. The van der Waals surface area contributed by atoms with Gasteiger partial charge in [-0.05, 0) is 48.9 Å². The summed E-state index contributed by atoms with van der Waals surface area (Å²) in [5, 5.41) is 10.8. The monoisotopic (exact) mass is 497 g/mol. The minimum atomic E-state index is -2.87. The van der Waals surface area contributed by atoms with Crippen LogP contribution in [0.4, 0.5) is 20.3 Å². The predicted octanol–water partition coefficient (Wildman–Crippen LogP) is 4.83. The number of fused-ring (bicyclic) bond motifs is 3. The van der Waals surface area contributed by atoms with E-state index in [1.54, 1.807) is 30.5 Å². The Labute approximate surface area is 204 Å². The lowest BCUT2D eigenvalue weighted by Crippen LogP contribution is -2.32. The van der Waals surface area contributed by atoms with Crippen molar-refractivity contribution >= 4 is 34.7 Å². The molecule has 2 unspecified atom stereocenters. The highest BCUT2D eigenvalue weighted by atomic mass is 35.5. The Bertz CT molecular complexity index is 1400. The second kappa shape index (κ2) is 8.60. The van der Waals surface area contributed by atoms with Gasteiger partial charge in [0.25, 0.3) is 12.3 Å². The summed E-state index contributed by atoms with van der Waals surface area (Å²) in [4.78, 5) is 20.1. The fraction of sp³-hybridized carbons (Fsp3) is 0.333. The molecule has 1 amide bonds. The van der Waals surface area contributed by atoms with Gasteiger partial charge in [0, 0.05) is 24.7 Å². The van der Waals surface area contributed by atoms with E-state index in [0.717, 1.165) is 24.3 Å². The van der Waals surface area contributed by atoms with E-state index in [0.29, 0.717) is 29.2 Å². The first-order valence-electron chi connectivity index (χ1n) is 11.5. The third kappa shape index (κ3) is 3.91. The van der Waals surface area contributed by atoms with Gasteiger partial charge < -0.3 is 10.2 Å². The number of hydrogen-bond acceptors (Lipinski definition) is 5. The van der Waals surface area contributed by atoms with Crippen LogP contribution < -0.4 is 10.2 Å². The number of amides is 1. The number of benzene rings is 1. The van der Waals surface area contributed by atoms with Crippen molar-refractivity contribution in [3.63, 3.8) is 0 Å². The normalized spacial score (nSPS) is 19.3. The molecule has 8 nitrogen and oxygen atoms in total. The van der Waals surface area contributed by atoms with Crippen molar-refractivity contribution in [1.82, 2.24) is 24.4 Å². The number of hydrogen-bond donors (Lipinski definition) is 1. The van der Waals surface area contributed by atoms with E-state index in [2.05, 4.69) is 20.4 Å². The fourth-order valence-corrected chi connectivity index (χ4v) is 5.27. The van der Waals surface area contributed by atoms with Gasteiger partial charge in [-0.1, -0.05) is 12.1 Å². The zero-order valence-corrected chi connectivity index (χ0v) is 19.4. The lowest BCUT2D eigenvalue weighted by atomic mass is 10.1. The summed E-state index contributed by atoms with van der Waals surface area (Å²) >= 11 is 5.82. The van der Waals surface area contributed by atoms with Crippen LogP contribution in [0, 0.1) is 5.92 Å². The van der Waals surface area contributed by atoms with E-state index in [-0.39, 0.29) is 11.3 Å². The van der Waals surface area contributed by atoms with Crippen molar-refractivity contribution in [2.75, 3.05) is 16.8 Å². The van der Waals surface area contributed by atoms with Crippen LogP contribution >= 0.6 is 11.6 Å². The quantitative estimate of drug-likeness (QED) is 0.386. The lowest BCUT2D eigenvalue weighted by molar-refractivity contribution is 0.102. The number of alkyl halides is 3. The largest absolute Gasteiger partial charge is 0.353 e. The molecule has 1 aliphatic carbocycles. The van der Waals surface area contributed by atoms with E-state index in [9.17, 15) is 13.6 Å². The third-order valence-electron chi connectivity index (χ3n) is 6.86. The zero-order chi connectivity index (χ0) is 24.1. The van der Waals surface area contributed by atoms with Gasteiger partial charge in [0.1, 0.15) is 11.4 Å². The highest BCUT2D eigenvalue weighted by Gasteiger charge is 2.38. The van der Waals surface area contributed by atoms with Gasteiger partial charge in [-0.15, -0.1) is 11.6 Å². The molecule has 6 rings (SSSR count). The molecule has 2 fully saturated rings. The lowest BCUT2D eigenvalue weighted by Gasteiger charge is -2.28. The number of nitrogens with zero attached hydrogens (tertiary/aromatic N) is 6. The summed E-state index contributed by atoms with van der Waals surface area (Å²) in [6.07, 6.45) is 5.25. The molecule has 1 saturated heterocycles. The van der Waals surface area contributed by atoms with Gasteiger partial charge in [-0.25, -0.2) is 23.0 Å². The minimum absolute atomic E-state index is 0.0706. The van der Waals surface area contributed by atoms with Crippen LogP contribution in [0.1, 0.15) is 47.3 Å². The molecule has 1 N–H and O–H groups in total. The van der Waals surface area contributed by atoms with Crippen LogP contribution in [-0.4, -0.2) is 42.9 Å². The van der Waals surface area contributed by atoms with Crippen LogP contribution in [0.25, 0.3) is 11.3 Å². The van der Waals surface area contributed by atoms with E-state index in [1.165, 1.54) is 34.4 Å². The third-order valence-corrected chi connectivity index (χ3v) is 7.16. The highest BCUT2D eigenvalue weighted by Crippen LogP contribution is 2.39. The smallest absolute Gasteiger partial charge is 0.284 e. The number of nitrogens with one attached hydrogen (secondary N) is 1. The van der Waals surface area contributed by atoms with Crippen LogP contribution in [0.3, 0.4) is 0 Å². The first-order valence-corrected chi connectivity index (χ1v) is 12.0. The number of anilines is 2. The topological polar surface area (TPSA) is 80.3 Å². The molecule has 1 saturated carbocycles. The summed E-state index contributed by atoms with van der Waals surface area (Å²) < 4.78 is 30.3. The summed E-state index contributed by atoms with van der Waals surface area (Å²) in [7, 11) is 0. The van der Waals surface area contributed by atoms with Gasteiger partial charge >= 0.3 is 0 Å². The van der Waals surface area contributed by atoms with Gasteiger partial charge in [-0.3, -0.25) is 4.79 Å². The molecular formula is C24H22ClF2N7O. The van der Waals surface area contributed by atoms with E-state index in [4.69, 9.17) is 16.6 Å². The Morgan fingerprint density at radius 1 is 1.20 bits per heavy atom. The molecular weight excluding hydrogens is 476 g/mol. The van der Waals surface area contributed by atoms with Crippen LogP contribution in [0.15, 0.2) is 48.9 Å². The molecule has 0 spiro atoms. The van der Waals surface area contributed by atoms with E-state index >= 15 is 0 Å². The van der Waals surface area contributed by atoms with E-state index < -0.39 is 18.0 Å². The molecule has 1 aromatic carbocycles.